The number of carboxylic acids is 1. The number of nitrogens with zero attached hydrogens (tertiary/aromatic N) is 3. The zero-order valence-electron chi connectivity index (χ0n) is 13.1. The van der Waals surface area contributed by atoms with Crippen molar-refractivity contribution in [3.63, 3.8) is 0 Å². The Hall–Kier alpha value is -1.96. The average Bonchev–Trinajstić information content (AvgIpc) is 2.96. The molecule has 1 unspecified atom stereocenters. The van der Waals surface area contributed by atoms with Crippen LogP contribution in [0.2, 0.25) is 5.02 Å². The van der Waals surface area contributed by atoms with Crippen LogP contribution in [0.4, 0.5) is 0 Å². The van der Waals surface area contributed by atoms with Crippen molar-refractivity contribution < 1.29 is 19.2 Å². The summed E-state index contributed by atoms with van der Waals surface area (Å²) in [7, 11) is 3.39. The van der Waals surface area contributed by atoms with E-state index in [-0.39, 0.29) is 11.7 Å². The van der Waals surface area contributed by atoms with Gasteiger partial charge in [-0.3, -0.25) is 4.90 Å². The molecule has 0 radical (unpaired) electrons. The summed E-state index contributed by atoms with van der Waals surface area (Å²) in [5.74, 6) is -0.111. The van der Waals surface area contributed by atoms with Gasteiger partial charge in [0.15, 0.2) is 5.82 Å². The van der Waals surface area contributed by atoms with Crippen LogP contribution in [0.1, 0.15) is 40.7 Å². The first kappa shape index (κ1) is 17.4. The number of aromatic nitrogens is 2. The summed E-state index contributed by atoms with van der Waals surface area (Å²) in [5, 5.41) is 13.5. The number of hydrogen-bond donors (Lipinski definition) is 1. The first-order valence-corrected chi connectivity index (χ1v) is 7.34. The zero-order valence-corrected chi connectivity index (χ0v) is 13.9. The molecule has 0 aliphatic rings. The number of carbonyl (C=O) groups is 1. The number of halogens is 1. The average molecular weight is 340 g/mol. The van der Waals surface area contributed by atoms with Crippen LogP contribution in [-0.2, 0) is 17.8 Å². The molecule has 1 aromatic carbocycles. The third-order valence-electron chi connectivity index (χ3n) is 3.38. The smallest absolute Gasteiger partial charge is 0.336 e. The van der Waals surface area contributed by atoms with Crippen molar-refractivity contribution in [1.82, 2.24) is 15.0 Å². The minimum Gasteiger partial charge on any atom is -0.478 e. The Morgan fingerprint density at radius 2 is 2.22 bits per heavy atom. The van der Waals surface area contributed by atoms with Gasteiger partial charge in [-0.05, 0) is 31.7 Å². The number of hydrogen-bond acceptors (Lipinski definition) is 6. The van der Waals surface area contributed by atoms with Gasteiger partial charge in [-0.2, -0.15) is 4.98 Å². The number of methoxy groups -OCH3 is 1. The lowest BCUT2D eigenvalue weighted by Crippen LogP contribution is -2.19. The molecule has 1 aromatic heterocycles. The lowest BCUT2D eigenvalue weighted by molar-refractivity contribution is 0.0694. The highest BCUT2D eigenvalue weighted by Crippen LogP contribution is 2.22. The molecule has 0 aliphatic carbocycles. The number of aromatic carboxylic acids is 1. The highest BCUT2D eigenvalue weighted by Gasteiger charge is 2.17. The molecule has 0 saturated carbocycles. The normalized spacial score (nSPS) is 12.6. The monoisotopic (exact) mass is 339 g/mol. The molecular formula is C15H18ClN3O4. The number of benzene rings is 1. The van der Waals surface area contributed by atoms with Crippen molar-refractivity contribution in [1.29, 1.82) is 0 Å². The summed E-state index contributed by atoms with van der Waals surface area (Å²) in [6.07, 6.45) is -0.250. The van der Waals surface area contributed by atoms with E-state index >= 15 is 0 Å². The molecule has 124 valence electrons. The van der Waals surface area contributed by atoms with Crippen LogP contribution in [0.25, 0.3) is 0 Å². The van der Waals surface area contributed by atoms with Gasteiger partial charge < -0.3 is 14.4 Å². The van der Waals surface area contributed by atoms with Crippen molar-refractivity contribution in [2.45, 2.75) is 26.1 Å². The second-order valence-electron chi connectivity index (χ2n) is 5.17. The van der Waals surface area contributed by atoms with Crippen molar-refractivity contribution in [3.8, 4) is 0 Å². The molecule has 0 aliphatic heterocycles. The van der Waals surface area contributed by atoms with Crippen LogP contribution >= 0.6 is 11.6 Å². The quantitative estimate of drug-likeness (QED) is 0.829. The van der Waals surface area contributed by atoms with Crippen molar-refractivity contribution in [2.24, 2.45) is 0 Å². The fraction of sp³-hybridized carbons (Fsp3) is 0.400. The van der Waals surface area contributed by atoms with Crippen LogP contribution < -0.4 is 0 Å². The molecule has 8 heteroatoms. The molecule has 0 saturated heterocycles. The molecule has 0 spiro atoms. The van der Waals surface area contributed by atoms with E-state index in [0.29, 0.717) is 35.4 Å². The minimum atomic E-state index is -1.01. The summed E-state index contributed by atoms with van der Waals surface area (Å²) >= 11 is 6.13. The largest absolute Gasteiger partial charge is 0.478 e. The van der Waals surface area contributed by atoms with Crippen molar-refractivity contribution >= 4 is 17.6 Å². The van der Waals surface area contributed by atoms with E-state index in [2.05, 4.69) is 10.1 Å². The van der Waals surface area contributed by atoms with E-state index < -0.39 is 5.97 Å². The Labute approximate surface area is 138 Å². The number of rotatable bonds is 7. The number of ether oxygens (including phenoxy) is 1. The first-order valence-electron chi connectivity index (χ1n) is 6.97. The lowest BCUT2D eigenvalue weighted by Gasteiger charge is -2.16. The first-order chi connectivity index (χ1) is 10.9. The predicted octanol–water partition coefficient (Wildman–Crippen LogP) is 2.76. The molecule has 23 heavy (non-hydrogen) atoms. The summed E-state index contributed by atoms with van der Waals surface area (Å²) in [6, 6.07) is 4.82. The van der Waals surface area contributed by atoms with Gasteiger partial charge in [0.1, 0.15) is 6.10 Å². The molecule has 1 atom stereocenters. The van der Waals surface area contributed by atoms with Gasteiger partial charge in [-0.15, -0.1) is 0 Å². The summed E-state index contributed by atoms with van der Waals surface area (Å²) < 4.78 is 10.3. The Balaban J connectivity index is 2.10. The van der Waals surface area contributed by atoms with E-state index in [9.17, 15) is 9.90 Å². The standard InChI is InChI=1S/C15H18ClN3O4/c1-9(22-3)14-17-13(23-18-14)8-19(2)7-11-10(15(20)21)5-4-6-12(11)16/h4-6,9H,7-8H2,1-3H3,(H,20,21). The van der Waals surface area contributed by atoms with E-state index in [1.807, 2.05) is 18.9 Å². The molecule has 2 rings (SSSR count). The summed E-state index contributed by atoms with van der Waals surface area (Å²) in [5.41, 5.74) is 0.734. The van der Waals surface area contributed by atoms with Crippen molar-refractivity contribution in [2.75, 3.05) is 14.2 Å². The van der Waals surface area contributed by atoms with Gasteiger partial charge in [-0.25, -0.2) is 4.79 Å². The molecule has 2 aromatic rings. The van der Waals surface area contributed by atoms with Crippen LogP contribution in [0.5, 0.6) is 0 Å². The molecular weight excluding hydrogens is 322 g/mol. The molecule has 1 N–H and O–H groups in total. The Bertz CT molecular complexity index is 689. The fourth-order valence-corrected chi connectivity index (χ4v) is 2.31. The van der Waals surface area contributed by atoms with Gasteiger partial charge in [0, 0.05) is 18.7 Å². The highest BCUT2D eigenvalue weighted by atomic mass is 35.5. The Morgan fingerprint density at radius 1 is 1.48 bits per heavy atom. The molecule has 7 nitrogen and oxygen atoms in total. The van der Waals surface area contributed by atoms with Gasteiger partial charge in [0.05, 0.1) is 12.1 Å². The van der Waals surface area contributed by atoms with E-state index in [4.69, 9.17) is 20.9 Å². The summed E-state index contributed by atoms with van der Waals surface area (Å²) in [4.78, 5) is 17.4. The maximum absolute atomic E-state index is 11.3. The second-order valence-corrected chi connectivity index (χ2v) is 5.57. The molecule has 0 bridgehead atoms. The topological polar surface area (TPSA) is 88.7 Å². The zero-order chi connectivity index (χ0) is 17.0. The number of carboxylic acid groups (broad SMARTS) is 1. The van der Waals surface area contributed by atoms with Crippen LogP contribution in [0, 0.1) is 0 Å². The highest BCUT2D eigenvalue weighted by molar-refractivity contribution is 6.31. The van der Waals surface area contributed by atoms with Gasteiger partial charge in [0.25, 0.3) is 0 Å². The predicted molar refractivity (Wildman–Crippen MR) is 83.3 cm³/mol. The Morgan fingerprint density at radius 3 is 2.87 bits per heavy atom. The molecule has 0 amide bonds. The lowest BCUT2D eigenvalue weighted by atomic mass is 10.1. The minimum absolute atomic E-state index is 0.184. The second kappa shape index (κ2) is 7.54. The fourth-order valence-electron chi connectivity index (χ4n) is 2.08. The summed E-state index contributed by atoms with van der Waals surface area (Å²) in [6.45, 7) is 2.54. The van der Waals surface area contributed by atoms with E-state index in [1.165, 1.54) is 6.07 Å². The third kappa shape index (κ3) is 4.28. The maximum Gasteiger partial charge on any atom is 0.336 e. The third-order valence-corrected chi connectivity index (χ3v) is 3.74. The SMILES string of the molecule is COC(C)c1noc(CN(C)Cc2c(Cl)cccc2C(=O)O)n1. The van der Waals surface area contributed by atoms with E-state index in [1.54, 1.807) is 19.2 Å². The van der Waals surface area contributed by atoms with Gasteiger partial charge >= 0.3 is 5.97 Å². The van der Waals surface area contributed by atoms with Gasteiger partial charge in [0.2, 0.25) is 5.89 Å². The van der Waals surface area contributed by atoms with Crippen LogP contribution in [-0.4, -0.2) is 40.3 Å². The molecule has 0 fully saturated rings. The Kier molecular flexibility index (Phi) is 5.70. The van der Waals surface area contributed by atoms with Gasteiger partial charge in [-0.1, -0.05) is 22.8 Å². The van der Waals surface area contributed by atoms with Crippen LogP contribution in [0.3, 0.4) is 0 Å². The maximum atomic E-state index is 11.3. The molecule has 1 heterocycles. The van der Waals surface area contributed by atoms with Crippen LogP contribution in [0.15, 0.2) is 22.7 Å². The van der Waals surface area contributed by atoms with E-state index in [0.717, 1.165) is 0 Å². The van der Waals surface area contributed by atoms with Crippen molar-refractivity contribution in [3.05, 3.63) is 46.1 Å².